The largest absolute Gasteiger partial charge is 0.343 e. The van der Waals surface area contributed by atoms with E-state index in [1.807, 2.05) is 49.4 Å². The molecule has 2 aromatic carbocycles. The molecule has 0 aliphatic rings. The van der Waals surface area contributed by atoms with E-state index in [4.69, 9.17) is 0 Å². The third kappa shape index (κ3) is 3.18. The molecule has 0 spiro atoms. The first-order valence-corrected chi connectivity index (χ1v) is 9.44. The first kappa shape index (κ1) is 18.0. The Hall–Kier alpha value is -4.07. The van der Waals surface area contributed by atoms with Gasteiger partial charge in [0, 0.05) is 23.2 Å². The summed E-state index contributed by atoms with van der Waals surface area (Å²) in [5, 5.41) is 9.85. The molecule has 5 rings (SSSR count). The van der Waals surface area contributed by atoms with Crippen LogP contribution in [0.15, 0.2) is 60.8 Å². The summed E-state index contributed by atoms with van der Waals surface area (Å²) >= 11 is 0. The number of nitrogens with one attached hydrogen (secondary N) is 3. The minimum absolute atomic E-state index is 0.112. The Morgan fingerprint density at radius 1 is 1.03 bits per heavy atom. The van der Waals surface area contributed by atoms with Crippen LogP contribution in [-0.2, 0) is 0 Å². The molecule has 0 aliphatic heterocycles. The van der Waals surface area contributed by atoms with Crippen molar-refractivity contribution in [2.75, 3.05) is 0 Å². The van der Waals surface area contributed by atoms with Crippen LogP contribution in [0.2, 0.25) is 0 Å². The number of aromatic amines is 2. The van der Waals surface area contributed by atoms with Gasteiger partial charge in [-0.1, -0.05) is 30.3 Å². The van der Waals surface area contributed by atoms with E-state index in [0.717, 1.165) is 16.5 Å². The normalized spacial score (nSPS) is 12.3. The number of halogens is 1. The number of hydrogen-bond donors (Lipinski definition) is 3. The van der Waals surface area contributed by atoms with E-state index in [1.54, 1.807) is 6.07 Å². The van der Waals surface area contributed by atoms with Crippen molar-refractivity contribution in [3.63, 3.8) is 0 Å². The number of fused-ring (bicyclic) bond motifs is 2. The molecule has 1 atom stereocenters. The van der Waals surface area contributed by atoms with Crippen LogP contribution in [0.1, 0.15) is 29.1 Å². The number of nitrogens with zero attached hydrogens (tertiary/aromatic N) is 3. The Bertz CT molecular complexity index is 1370. The number of carbonyl (C=O) groups excluding carboxylic acids is 1. The van der Waals surface area contributed by atoms with Gasteiger partial charge in [-0.2, -0.15) is 4.39 Å². The lowest BCUT2D eigenvalue weighted by Gasteiger charge is -2.12. The summed E-state index contributed by atoms with van der Waals surface area (Å²) < 4.78 is 13.5. The van der Waals surface area contributed by atoms with Gasteiger partial charge in [-0.25, -0.2) is 15.0 Å². The third-order valence-corrected chi connectivity index (χ3v) is 5.02. The summed E-state index contributed by atoms with van der Waals surface area (Å²) in [6.07, 6.45) is 1.41. The van der Waals surface area contributed by atoms with Gasteiger partial charge in [-0.15, -0.1) is 0 Å². The maximum absolute atomic E-state index is 13.5. The summed E-state index contributed by atoms with van der Waals surface area (Å²) in [4.78, 5) is 25.0. The van der Waals surface area contributed by atoms with Gasteiger partial charge >= 0.3 is 0 Å². The lowest BCUT2D eigenvalue weighted by Crippen LogP contribution is -2.27. The molecule has 0 saturated heterocycles. The Morgan fingerprint density at radius 3 is 2.57 bits per heavy atom. The van der Waals surface area contributed by atoms with Crippen LogP contribution < -0.4 is 5.32 Å². The molecular weight excluding hydrogens is 383 g/mol. The van der Waals surface area contributed by atoms with Gasteiger partial charge in [-0.3, -0.25) is 9.89 Å². The lowest BCUT2D eigenvalue weighted by atomic mass is 10.1. The van der Waals surface area contributed by atoms with Crippen molar-refractivity contribution in [1.82, 2.24) is 30.5 Å². The van der Waals surface area contributed by atoms with Crippen LogP contribution in [0.25, 0.3) is 33.2 Å². The number of rotatable bonds is 4. The fourth-order valence-electron chi connectivity index (χ4n) is 3.49. The standard InChI is InChI=1S/C22H17FN6O/c1-12(13-5-3-2-4-6-13)25-22(30)21-26-17-10-15-16(11-18(17)27-21)28-29-20(15)14-7-8-24-19(23)9-14/h2-12,28-29H,1H3,(H,25,30). The van der Waals surface area contributed by atoms with Crippen LogP contribution in [0.5, 0.6) is 0 Å². The third-order valence-electron chi connectivity index (χ3n) is 5.02. The Morgan fingerprint density at radius 2 is 1.80 bits per heavy atom. The zero-order valence-electron chi connectivity index (χ0n) is 16.0. The minimum Gasteiger partial charge on any atom is -0.343 e. The van der Waals surface area contributed by atoms with E-state index in [9.17, 15) is 9.18 Å². The van der Waals surface area contributed by atoms with Gasteiger partial charge in [0.1, 0.15) is 0 Å². The van der Waals surface area contributed by atoms with Gasteiger partial charge in [-0.05, 0) is 30.7 Å². The van der Waals surface area contributed by atoms with Crippen LogP contribution in [0.4, 0.5) is 4.39 Å². The quantitative estimate of drug-likeness (QED) is 0.395. The topological polar surface area (TPSA) is 99.3 Å². The Labute approximate surface area is 170 Å². The highest BCUT2D eigenvalue weighted by atomic mass is 19.1. The van der Waals surface area contributed by atoms with Gasteiger partial charge < -0.3 is 10.4 Å². The fraction of sp³-hybridized carbons (Fsp3) is 0.0909. The summed E-state index contributed by atoms with van der Waals surface area (Å²) in [5.41, 5.74) is 4.33. The highest BCUT2D eigenvalue weighted by Crippen LogP contribution is 2.29. The van der Waals surface area contributed by atoms with E-state index in [0.29, 0.717) is 22.3 Å². The summed E-state index contributed by atoms with van der Waals surface area (Å²) in [5.74, 6) is -0.786. The van der Waals surface area contributed by atoms with Crippen LogP contribution in [0.3, 0.4) is 0 Å². The zero-order valence-corrected chi connectivity index (χ0v) is 16.0. The van der Waals surface area contributed by atoms with Crippen molar-refractivity contribution in [2.24, 2.45) is 0 Å². The second-order valence-corrected chi connectivity index (χ2v) is 7.03. The molecule has 1 unspecified atom stereocenters. The maximum Gasteiger partial charge on any atom is 0.289 e. The number of imidazole rings is 1. The van der Waals surface area contributed by atoms with Crippen molar-refractivity contribution >= 4 is 27.8 Å². The molecular formula is C22H17FN6O. The minimum atomic E-state index is -0.559. The van der Waals surface area contributed by atoms with Crippen molar-refractivity contribution in [2.45, 2.75) is 13.0 Å². The molecule has 5 aromatic rings. The molecule has 0 bridgehead atoms. The second-order valence-electron chi connectivity index (χ2n) is 7.03. The van der Waals surface area contributed by atoms with Crippen molar-refractivity contribution in [3.8, 4) is 11.3 Å². The molecule has 3 heterocycles. The van der Waals surface area contributed by atoms with Gasteiger partial charge in [0.25, 0.3) is 5.91 Å². The summed E-state index contributed by atoms with van der Waals surface area (Å²) in [7, 11) is 0. The van der Waals surface area contributed by atoms with E-state index >= 15 is 0 Å². The monoisotopic (exact) mass is 400 g/mol. The number of carbonyl (C=O) groups is 1. The van der Waals surface area contributed by atoms with Crippen molar-refractivity contribution < 1.29 is 9.18 Å². The predicted octanol–water partition coefficient (Wildman–Crippen LogP) is 4.13. The second kappa shape index (κ2) is 7.07. The molecule has 8 heteroatoms. The molecule has 7 nitrogen and oxygen atoms in total. The average Bonchev–Trinajstić information content (AvgIpc) is 3.36. The predicted molar refractivity (Wildman–Crippen MR) is 111 cm³/mol. The maximum atomic E-state index is 13.5. The average molecular weight is 400 g/mol. The highest BCUT2D eigenvalue weighted by Gasteiger charge is 2.18. The van der Waals surface area contributed by atoms with Crippen molar-refractivity contribution in [3.05, 3.63) is 78.1 Å². The molecule has 0 aliphatic carbocycles. The molecule has 1 amide bonds. The first-order chi connectivity index (χ1) is 14.6. The van der Waals surface area contributed by atoms with Crippen molar-refractivity contribution in [1.29, 1.82) is 0 Å². The number of pyridine rings is 1. The van der Waals surface area contributed by atoms with Gasteiger partial charge in [0.15, 0.2) is 0 Å². The lowest BCUT2D eigenvalue weighted by molar-refractivity contribution is 0.0930. The SMILES string of the molecule is CC(NC(=O)c1nc2cc3[nH][nH]c(-c4ccnc(F)c4)c3cc2n1)c1ccccc1. The number of benzene rings is 2. The fourth-order valence-corrected chi connectivity index (χ4v) is 3.49. The molecule has 0 fully saturated rings. The highest BCUT2D eigenvalue weighted by molar-refractivity contribution is 6.02. The van der Waals surface area contributed by atoms with E-state index < -0.39 is 5.95 Å². The molecule has 0 radical (unpaired) electrons. The van der Waals surface area contributed by atoms with Crippen LogP contribution in [-0.4, -0.2) is 31.1 Å². The number of H-pyrrole nitrogens is 2. The number of aromatic nitrogens is 5. The smallest absolute Gasteiger partial charge is 0.289 e. The Balaban J connectivity index is 1.48. The molecule has 30 heavy (non-hydrogen) atoms. The summed E-state index contributed by atoms with van der Waals surface area (Å²) in [6.45, 7) is 1.91. The first-order valence-electron chi connectivity index (χ1n) is 9.44. The number of hydrogen-bond acceptors (Lipinski definition) is 4. The molecule has 3 N–H and O–H groups in total. The van der Waals surface area contributed by atoms with E-state index in [1.165, 1.54) is 12.3 Å². The molecule has 0 saturated carbocycles. The van der Waals surface area contributed by atoms with Crippen LogP contribution >= 0.6 is 0 Å². The zero-order chi connectivity index (χ0) is 20.7. The van der Waals surface area contributed by atoms with Gasteiger partial charge in [0.2, 0.25) is 11.8 Å². The Kier molecular flexibility index (Phi) is 4.24. The van der Waals surface area contributed by atoms with E-state index in [-0.39, 0.29) is 17.8 Å². The van der Waals surface area contributed by atoms with Gasteiger partial charge in [0.05, 0.1) is 28.3 Å². The summed E-state index contributed by atoms with van der Waals surface area (Å²) in [6, 6.07) is 16.2. The van der Waals surface area contributed by atoms with E-state index in [2.05, 4.69) is 30.5 Å². The van der Waals surface area contributed by atoms with Crippen LogP contribution in [0, 0.1) is 5.95 Å². The number of amides is 1. The molecule has 3 aromatic heterocycles. The molecule has 148 valence electrons.